The van der Waals surface area contributed by atoms with Gasteiger partial charge in [0.25, 0.3) is 0 Å². The van der Waals surface area contributed by atoms with Crippen molar-refractivity contribution in [2.24, 2.45) is 7.05 Å². The number of nitrogens with zero attached hydrogens (tertiary/aromatic N) is 4. The Morgan fingerprint density at radius 3 is 2.57 bits per heavy atom. The highest BCUT2D eigenvalue weighted by molar-refractivity contribution is 6.39. The largest absolute Gasteiger partial charge is 0.385 e. The van der Waals surface area contributed by atoms with Crippen molar-refractivity contribution in [2.75, 3.05) is 25.6 Å². The first-order valence-corrected chi connectivity index (χ1v) is 7.02. The van der Waals surface area contributed by atoms with Crippen LogP contribution >= 0.6 is 0 Å². The summed E-state index contributed by atoms with van der Waals surface area (Å²) in [5.74, 6) is -0.908. The van der Waals surface area contributed by atoms with Crippen molar-refractivity contribution >= 4 is 17.5 Å². The minimum absolute atomic E-state index is 0.386. The van der Waals surface area contributed by atoms with E-state index in [0.717, 1.165) is 5.56 Å². The minimum atomic E-state index is -0.715. The number of aromatic nitrogens is 4. The van der Waals surface area contributed by atoms with Crippen LogP contribution < -0.4 is 10.6 Å². The Morgan fingerprint density at radius 2 is 1.96 bits per heavy atom. The van der Waals surface area contributed by atoms with Crippen molar-refractivity contribution in [2.45, 2.75) is 6.42 Å². The Balaban J connectivity index is 1.87. The molecule has 2 rings (SSSR count). The van der Waals surface area contributed by atoms with Crippen molar-refractivity contribution in [3.05, 3.63) is 24.3 Å². The van der Waals surface area contributed by atoms with Crippen LogP contribution in [0.1, 0.15) is 6.42 Å². The average molecular weight is 318 g/mol. The van der Waals surface area contributed by atoms with Gasteiger partial charge in [-0.2, -0.15) is 4.80 Å². The lowest BCUT2D eigenvalue weighted by Gasteiger charge is -2.06. The fraction of sp³-hybridized carbons (Fsp3) is 0.357. The van der Waals surface area contributed by atoms with Gasteiger partial charge in [-0.15, -0.1) is 10.2 Å². The molecule has 1 aromatic heterocycles. The van der Waals surface area contributed by atoms with Crippen LogP contribution in [0.2, 0.25) is 0 Å². The molecule has 0 fully saturated rings. The third kappa shape index (κ3) is 4.85. The zero-order valence-electron chi connectivity index (χ0n) is 12.9. The van der Waals surface area contributed by atoms with E-state index in [1.807, 2.05) is 0 Å². The van der Waals surface area contributed by atoms with Crippen LogP contribution in [0.25, 0.3) is 11.4 Å². The number of nitrogens with one attached hydrogen (secondary N) is 2. The summed E-state index contributed by atoms with van der Waals surface area (Å²) < 4.78 is 4.86. The molecular weight excluding hydrogens is 300 g/mol. The molecule has 2 N–H and O–H groups in total. The molecule has 0 aliphatic rings. The number of benzene rings is 1. The maximum absolute atomic E-state index is 11.7. The molecule has 0 aliphatic carbocycles. The number of rotatable bonds is 6. The van der Waals surface area contributed by atoms with Crippen LogP contribution in [0.3, 0.4) is 0 Å². The molecule has 0 saturated carbocycles. The summed E-state index contributed by atoms with van der Waals surface area (Å²) in [5, 5.41) is 16.8. The molecule has 0 unspecified atom stereocenters. The summed E-state index contributed by atoms with van der Waals surface area (Å²) >= 11 is 0. The molecule has 9 nitrogen and oxygen atoms in total. The topological polar surface area (TPSA) is 111 Å². The number of carbonyl (C=O) groups is 2. The van der Waals surface area contributed by atoms with Gasteiger partial charge in [0.05, 0.1) is 7.05 Å². The van der Waals surface area contributed by atoms with Crippen LogP contribution in [-0.2, 0) is 21.4 Å². The Labute approximate surface area is 133 Å². The third-order valence-corrected chi connectivity index (χ3v) is 2.93. The van der Waals surface area contributed by atoms with Crippen LogP contribution in [0.5, 0.6) is 0 Å². The zero-order valence-corrected chi connectivity index (χ0v) is 12.9. The summed E-state index contributed by atoms with van der Waals surface area (Å²) in [4.78, 5) is 24.7. The molecule has 122 valence electrons. The molecule has 0 atom stereocenters. The number of amides is 2. The maximum atomic E-state index is 11.7. The molecule has 1 heterocycles. The highest BCUT2D eigenvalue weighted by atomic mass is 16.5. The predicted molar refractivity (Wildman–Crippen MR) is 82.4 cm³/mol. The standard InChI is InChI=1S/C14H18N6O3/c1-20-18-12(17-19-20)10-4-6-11(7-5-10)16-14(22)13(21)15-8-3-9-23-2/h4-7H,3,8-9H2,1-2H3,(H,15,21)(H,16,22). The lowest BCUT2D eigenvalue weighted by molar-refractivity contribution is -0.136. The number of ether oxygens (including phenoxy) is 1. The molecule has 0 aliphatic heterocycles. The molecule has 1 aromatic carbocycles. The van der Waals surface area contributed by atoms with Crippen molar-refractivity contribution in [3.8, 4) is 11.4 Å². The van der Waals surface area contributed by atoms with Crippen molar-refractivity contribution in [1.29, 1.82) is 0 Å². The minimum Gasteiger partial charge on any atom is -0.385 e. The number of hydrogen-bond donors (Lipinski definition) is 2. The Bertz CT molecular complexity index is 667. The van der Waals surface area contributed by atoms with E-state index in [2.05, 4.69) is 26.0 Å². The molecule has 0 spiro atoms. The number of methoxy groups -OCH3 is 1. The van der Waals surface area contributed by atoms with Crippen LogP contribution in [0.15, 0.2) is 24.3 Å². The second-order valence-corrected chi connectivity index (χ2v) is 4.74. The number of hydrogen-bond acceptors (Lipinski definition) is 6. The van der Waals surface area contributed by atoms with E-state index >= 15 is 0 Å². The number of anilines is 1. The molecule has 0 radical (unpaired) electrons. The number of tetrazole rings is 1. The van der Waals surface area contributed by atoms with Gasteiger partial charge in [-0.05, 0) is 35.9 Å². The van der Waals surface area contributed by atoms with Crippen LogP contribution in [0.4, 0.5) is 5.69 Å². The maximum Gasteiger partial charge on any atom is 0.313 e. The van der Waals surface area contributed by atoms with Crippen molar-refractivity contribution < 1.29 is 14.3 Å². The summed E-state index contributed by atoms with van der Waals surface area (Å²) in [6, 6.07) is 6.82. The van der Waals surface area contributed by atoms with Crippen molar-refractivity contribution in [1.82, 2.24) is 25.5 Å². The highest BCUT2D eigenvalue weighted by Crippen LogP contribution is 2.16. The monoisotopic (exact) mass is 318 g/mol. The molecule has 2 amide bonds. The van der Waals surface area contributed by atoms with Crippen LogP contribution in [-0.4, -0.2) is 52.3 Å². The number of aryl methyl sites for hydroxylation is 1. The Morgan fingerprint density at radius 1 is 1.22 bits per heavy atom. The SMILES string of the molecule is COCCCNC(=O)C(=O)Nc1ccc(-c2nnn(C)n2)cc1. The summed E-state index contributed by atoms with van der Waals surface area (Å²) in [6.07, 6.45) is 0.648. The first kappa shape index (κ1) is 16.6. The van der Waals surface area contributed by atoms with E-state index in [0.29, 0.717) is 31.1 Å². The van der Waals surface area contributed by atoms with Crippen LogP contribution in [0, 0.1) is 0 Å². The molecule has 23 heavy (non-hydrogen) atoms. The van der Waals surface area contributed by atoms with Gasteiger partial charge < -0.3 is 15.4 Å². The lowest BCUT2D eigenvalue weighted by Crippen LogP contribution is -2.36. The Kier molecular flexibility index (Phi) is 5.75. The van der Waals surface area contributed by atoms with E-state index in [1.165, 1.54) is 4.80 Å². The van der Waals surface area contributed by atoms with Gasteiger partial charge in [-0.3, -0.25) is 9.59 Å². The smallest absolute Gasteiger partial charge is 0.313 e. The van der Waals surface area contributed by atoms with Gasteiger partial charge in [0.1, 0.15) is 0 Å². The fourth-order valence-electron chi connectivity index (χ4n) is 1.79. The average Bonchev–Trinajstić information content (AvgIpc) is 2.98. The van der Waals surface area contributed by atoms with Gasteiger partial charge in [0.15, 0.2) is 0 Å². The fourth-order valence-corrected chi connectivity index (χ4v) is 1.79. The van der Waals surface area contributed by atoms with E-state index < -0.39 is 11.8 Å². The summed E-state index contributed by atoms with van der Waals surface area (Å²) in [6.45, 7) is 0.914. The molecule has 2 aromatic rings. The first-order chi connectivity index (χ1) is 11.1. The Hall–Kier alpha value is -2.81. The van der Waals surface area contributed by atoms with Gasteiger partial charge >= 0.3 is 11.8 Å². The van der Waals surface area contributed by atoms with E-state index in [9.17, 15) is 9.59 Å². The molecule has 0 bridgehead atoms. The highest BCUT2D eigenvalue weighted by Gasteiger charge is 2.13. The molecular formula is C14H18N6O3. The van der Waals surface area contributed by atoms with E-state index in [1.54, 1.807) is 38.4 Å². The lowest BCUT2D eigenvalue weighted by atomic mass is 10.2. The second-order valence-electron chi connectivity index (χ2n) is 4.74. The van der Waals surface area contributed by atoms with Crippen molar-refractivity contribution in [3.63, 3.8) is 0 Å². The summed E-state index contributed by atoms with van der Waals surface area (Å²) in [7, 11) is 3.26. The van der Waals surface area contributed by atoms with Gasteiger partial charge in [-0.1, -0.05) is 0 Å². The first-order valence-electron chi connectivity index (χ1n) is 7.02. The predicted octanol–water partition coefficient (Wildman–Crippen LogP) is -0.0317. The second kappa shape index (κ2) is 7.99. The van der Waals surface area contributed by atoms with Gasteiger partial charge in [0, 0.05) is 31.5 Å². The summed E-state index contributed by atoms with van der Waals surface area (Å²) in [5.41, 5.74) is 1.27. The quantitative estimate of drug-likeness (QED) is 0.571. The molecule has 9 heteroatoms. The van der Waals surface area contributed by atoms with Gasteiger partial charge in [0.2, 0.25) is 5.82 Å². The van der Waals surface area contributed by atoms with E-state index in [4.69, 9.17) is 4.74 Å². The normalized spacial score (nSPS) is 10.3. The van der Waals surface area contributed by atoms with Gasteiger partial charge in [-0.25, -0.2) is 0 Å². The number of carbonyl (C=O) groups excluding carboxylic acids is 2. The molecule has 0 saturated heterocycles. The van der Waals surface area contributed by atoms with E-state index in [-0.39, 0.29) is 0 Å². The third-order valence-electron chi connectivity index (χ3n) is 2.93. The zero-order chi connectivity index (χ0) is 16.7.